The van der Waals surface area contributed by atoms with E-state index in [1.54, 1.807) is 6.08 Å². The first kappa shape index (κ1) is 21.2. The fourth-order valence-corrected chi connectivity index (χ4v) is 3.95. The lowest BCUT2D eigenvalue weighted by Crippen LogP contribution is -2.30. The van der Waals surface area contributed by atoms with Crippen LogP contribution in [0, 0.1) is 5.92 Å². The van der Waals surface area contributed by atoms with Gasteiger partial charge in [0.1, 0.15) is 6.61 Å². The van der Waals surface area contributed by atoms with Crippen molar-refractivity contribution in [3.05, 3.63) is 64.7 Å². The molecule has 0 fully saturated rings. The van der Waals surface area contributed by atoms with E-state index in [1.807, 2.05) is 54.3 Å². The van der Waals surface area contributed by atoms with Gasteiger partial charge in [0.15, 0.2) is 11.5 Å². The number of hydrogen-bond donors (Lipinski definition) is 0. The number of benzene rings is 2. The van der Waals surface area contributed by atoms with E-state index >= 15 is 0 Å². The zero-order valence-corrected chi connectivity index (χ0v) is 18.7. The van der Waals surface area contributed by atoms with Crippen LogP contribution >= 0.6 is 15.9 Å². The van der Waals surface area contributed by atoms with Crippen molar-refractivity contribution < 1.29 is 14.3 Å². The molecule has 2 aromatic carbocycles. The van der Waals surface area contributed by atoms with Crippen LogP contribution in [-0.2, 0) is 4.79 Å². The summed E-state index contributed by atoms with van der Waals surface area (Å²) < 4.78 is 12.3. The molecule has 0 bridgehead atoms. The molecule has 5 heteroatoms. The highest BCUT2D eigenvalue weighted by Gasteiger charge is 2.32. The molecule has 152 valence electrons. The molecule has 0 spiro atoms. The first-order valence-electron chi connectivity index (χ1n) is 9.79. The molecule has 0 aliphatic carbocycles. The summed E-state index contributed by atoms with van der Waals surface area (Å²) in [4.78, 5) is 15.1. The van der Waals surface area contributed by atoms with E-state index in [1.165, 1.54) is 0 Å². The third-order valence-electron chi connectivity index (χ3n) is 4.50. The number of halogens is 1. The van der Waals surface area contributed by atoms with Gasteiger partial charge in [-0.15, -0.1) is 0 Å². The highest BCUT2D eigenvalue weighted by atomic mass is 79.9. The van der Waals surface area contributed by atoms with Gasteiger partial charge in [-0.05, 0) is 58.6 Å². The molecule has 0 radical (unpaired) electrons. The van der Waals surface area contributed by atoms with Crippen molar-refractivity contribution in [3.8, 4) is 11.5 Å². The molecular formula is C24H26BrNO3. The Labute approximate surface area is 180 Å². The molecule has 0 saturated heterocycles. The number of carbonyl (C=O) groups is 1. The van der Waals surface area contributed by atoms with Gasteiger partial charge in [0.2, 0.25) is 0 Å². The molecule has 0 unspecified atom stereocenters. The minimum Gasteiger partial charge on any atom is -0.490 e. The smallest absolute Gasteiger partial charge is 0.259 e. The number of anilines is 1. The van der Waals surface area contributed by atoms with E-state index in [0.29, 0.717) is 42.7 Å². The Kier molecular flexibility index (Phi) is 6.80. The minimum atomic E-state index is 0.0287. The number of ether oxygens (including phenoxy) is 2. The fourth-order valence-electron chi connectivity index (χ4n) is 3.38. The molecule has 29 heavy (non-hydrogen) atoms. The van der Waals surface area contributed by atoms with Gasteiger partial charge >= 0.3 is 0 Å². The van der Waals surface area contributed by atoms with Crippen molar-refractivity contribution in [2.24, 2.45) is 5.92 Å². The second-order valence-electron chi connectivity index (χ2n) is 7.25. The first-order chi connectivity index (χ1) is 14.0. The minimum absolute atomic E-state index is 0.0287. The van der Waals surface area contributed by atoms with E-state index in [-0.39, 0.29) is 5.91 Å². The highest BCUT2D eigenvalue weighted by Crippen LogP contribution is 2.41. The van der Waals surface area contributed by atoms with E-state index in [2.05, 4.69) is 36.4 Å². The van der Waals surface area contributed by atoms with E-state index in [9.17, 15) is 4.79 Å². The van der Waals surface area contributed by atoms with Crippen molar-refractivity contribution in [2.45, 2.75) is 20.8 Å². The Bertz CT molecular complexity index is 949. The van der Waals surface area contributed by atoms with Crippen LogP contribution in [0.25, 0.3) is 11.6 Å². The Morgan fingerprint density at radius 3 is 2.66 bits per heavy atom. The van der Waals surface area contributed by atoms with Crippen LogP contribution in [0.4, 0.5) is 5.69 Å². The lowest BCUT2D eigenvalue weighted by molar-refractivity contribution is -0.113. The van der Waals surface area contributed by atoms with Crippen molar-refractivity contribution in [1.82, 2.24) is 0 Å². The van der Waals surface area contributed by atoms with Gasteiger partial charge in [0, 0.05) is 17.7 Å². The van der Waals surface area contributed by atoms with Gasteiger partial charge in [-0.2, -0.15) is 0 Å². The zero-order valence-electron chi connectivity index (χ0n) is 17.1. The second-order valence-corrected chi connectivity index (χ2v) is 8.10. The van der Waals surface area contributed by atoms with Crippen LogP contribution in [0.15, 0.2) is 53.5 Å². The molecule has 1 amide bonds. The molecule has 3 rings (SSSR count). The van der Waals surface area contributed by atoms with Gasteiger partial charge in [-0.25, -0.2) is 0 Å². The number of amides is 1. The van der Waals surface area contributed by atoms with Crippen LogP contribution in [0.1, 0.15) is 31.9 Å². The number of nitrogens with zero attached hydrogens (tertiary/aromatic N) is 1. The molecule has 0 N–H and O–H groups in total. The van der Waals surface area contributed by atoms with Gasteiger partial charge in [0.25, 0.3) is 5.91 Å². The highest BCUT2D eigenvalue weighted by molar-refractivity contribution is 9.10. The number of carbonyl (C=O) groups excluding carboxylic acids is 1. The monoisotopic (exact) mass is 455 g/mol. The predicted molar refractivity (Wildman–Crippen MR) is 123 cm³/mol. The van der Waals surface area contributed by atoms with Gasteiger partial charge in [0.05, 0.1) is 16.8 Å². The fraction of sp³-hybridized carbons (Fsp3) is 0.292. The topological polar surface area (TPSA) is 38.8 Å². The van der Waals surface area contributed by atoms with Crippen LogP contribution in [0.2, 0.25) is 0 Å². The van der Waals surface area contributed by atoms with E-state index in [0.717, 1.165) is 21.3 Å². The lowest BCUT2D eigenvalue weighted by Gasteiger charge is -2.19. The standard InChI is InChI=1S/C24H26BrNO3/c1-5-11-29-23-20(25)13-17(14-22(23)28-6-2)12-19-18-9-7-8-10-21(18)26(24(19)27)15-16(3)4/h5,7-10,12-14,16H,1,6,11,15H2,2-4H3/b19-12-. The summed E-state index contributed by atoms with van der Waals surface area (Å²) in [5, 5.41) is 0. The number of hydrogen-bond acceptors (Lipinski definition) is 3. The van der Waals surface area contributed by atoms with Crippen molar-refractivity contribution >= 4 is 39.2 Å². The maximum atomic E-state index is 13.2. The van der Waals surface area contributed by atoms with Crippen molar-refractivity contribution in [1.29, 1.82) is 0 Å². The average Bonchev–Trinajstić information content (AvgIpc) is 2.93. The van der Waals surface area contributed by atoms with Crippen LogP contribution in [0.5, 0.6) is 11.5 Å². The normalized spacial score (nSPS) is 14.4. The third kappa shape index (κ3) is 4.56. The largest absolute Gasteiger partial charge is 0.490 e. The molecule has 2 aromatic rings. The molecular weight excluding hydrogens is 430 g/mol. The Hall–Kier alpha value is -2.53. The van der Waals surface area contributed by atoms with Crippen molar-refractivity contribution in [2.75, 3.05) is 24.7 Å². The maximum absolute atomic E-state index is 13.2. The summed E-state index contributed by atoms with van der Waals surface area (Å²) in [5.74, 6) is 1.68. The van der Waals surface area contributed by atoms with Gasteiger partial charge in [-0.3, -0.25) is 4.79 Å². The SMILES string of the molecule is C=CCOc1c(Br)cc(/C=C2\C(=O)N(CC(C)C)c3ccccc32)cc1OCC. The molecule has 0 aromatic heterocycles. The molecule has 4 nitrogen and oxygen atoms in total. The van der Waals surface area contributed by atoms with Gasteiger partial charge < -0.3 is 14.4 Å². The van der Waals surface area contributed by atoms with Crippen molar-refractivity contribution in [3.63, 3.8) is 0 Å². The third-order valence-corrected chi connectivity index (χ3v) is 5.09. The number of fused-ring (bicyclic) bond motifs is 1. The average molecular weight is 456 g/mol. The first-order valence-corrected chi connectivity index (χ1v) is 10.6. The summed E-state index contributed by atoms with van der Waals surface area (Å²) >= 11 is 3.58. The predicted octanol–water partition coefficient (Wildman–Crippen LogP) is 5.96. The lowest BCUT2D eigenvalue weighted by atomic mass is 10.0. The summed E-state index contributed by atoms with van der Waals surface area (Å²) in [6, 6.07) is 11.8. The number of rotatable bonds is 8. The summed E-state index contributed by atoms with van der Waals surface area (Å²) in [6.45, 7) is 11.4. The summed E-state index contributed by atoms with van der Waals surface area (Å²) in [6.07, 6.45) is 3.61. The van der Waals surface area contributed by atoms with Gasteiger partial charge in [-0.1, -0.05) is 44.7 Å². The molecule has 0 saturated carbocycles. The number of para-hydroxylation sites is 1. The Balaban J connectivity index is 2.05. The van der Waals surface area contributed by atoms with Crippen LogP contribution in [-0.4, -0.2) is 25.7 Å². The Morgan fingerprint density at radius 1 is 1.21 bits per heavy atom. The van der Waals surface area contributed by atoms with E-state index < -0.39 is 0 Å². The molecule has 1 heterocycles. The zero-order chi connectivity index (χ0) is 21.0. The second kappa shape index (κ2) is 9.31. The van der Waals surface area contributed by atoms with Crippen LogP contribution < -0.4 is 14.4 Å². The summed E-state index contributed by atoms with van der Waals surface area (Å²) in [7, 11) is 0. The quantitative estimate of drug-likeness (QED) is 0.364. The Morgan fingerprint density at radius 2 is 1.97 bits per heavy atom. The maximum Gasteiger partial charge on any atom is 0.259 e. The molecule has 1 aliphatic rings. The summed E-state index contributed by atoms with van der Waals surface area (Å²) in [5.41, 5.74) is 3.48. The molecule has 0 atom stereocenters. The molecule has 1 aliphatic heterocycles. The van der Waals surface area contributed by atoms with E-state index in [4.69, 9.17) is 9.47 Å². The van der Waals surface area contributed by atoms with Crippen LogP contribution in [0.3, 0.4) is 0 Å².